The van der Waals surface area contributed by atoms with Crippen molar-refractivity contribution in [2.24, 2.45) is 0 Å². The lowest BCUT2D eigenvalue weighted by Gasteiger charge is -2.14. The van der Waals surface area contributed by atoms with Crippen LogP contribution in [0.1, 0.15) is 28.4 Å². The molecule has 1 amide bonds. The zero-order chi connectivity index (χ0) is 24.9. The van der Waals surface area contributed by atoms with Crippen LogP contribution in [0, 0.1) is 0 Å². The number of fused-ring (bicyclic) bond motifs is 1. The van der Waals surface area contributed by atoms with E-state index < -0.39 is 11.1 Å². The predicted molar refractivity (Wildman–Crippen MR) is 132 cm³/mol. The third-order valence-corrected chi connectivity index (χ3v) is 5.78. The van der Waals surface area contributed by atoms with Gasteiger partial charge in [-0.05, 0) is 42.8 Å². The number of para-hydroxylation sites is 1. The van der Waals surface area contributed by atoms with Gasteiger partial charge in [-0.25, -0.2) is 4.98 Å². The summed E-state index contributed by atoms with van der Waals surface area (Å²) in [4.78, 5) is 42.3. The first-order chi connectivity index (χ1) is 17.0. The highest BCUT2D eigenvalue weighted by atomic mass is 16.5. The maximum Gasteiger partial charge on any atom is 0.318 e. The van der Waals surface area contributed by atoms with Gasteiger partial charge in [0.05, 0.1) is 26.3 Å². The van der Waals surface area contributed by atoms with Crippen molar-refractivity contribution >= 4 is 17.1 Å². The van der Waals surface area contributed by atoms with Gasteiger partial charge in [0.25, 0.3) is 5.91 Å². The molecule has 180 valence electrons. The number of amides is 1. The van der Waals surface area contributed by atoms with E-state index in [0.717, 1.165) is 11.1 Å². The van der Waals surface area contributed by atoms with Crippen LogP contribution in [0.15, 0.2) is 70.4 Å². The first kappa shape index (κ1) is 23.7. The molecule has 0 fully saturated rings. The van der Waals surface area contributed by atoms with Crippen molar-refractivity contribution < 1.29 is 14.3 Å². The highest BCUT2D eigenvalue weighted by Crippen LogP contribution is 2.30. The number of carbonyl (C=O) groups excluding carboxylic acids is 1. The number of hydrogen-bond donors (Lipinski definition) is 1. The van der Waals surface area contributed by atoms with Crippen LogP contribution in [0.3, 0.4) is 0 Å². The summed E-state index contributed by atoms with van der Waals surface area (Å²) in [5.74, 6) is 0.912. The number of aromatic nitrogens is 3. The molecular weight excluding hydrogens is 448 g/mol. The third-order valence-electron chi connectivity index (χ3n) is 5.78. The number of ether oxygens (including phenoxy) is 2. The molecule has 35 heavy (non-hydrogen) atoms. The number of hydrogen-bond acceptors (Lipinski definition) is 6. The van der Waals surface area contributed by atoms with Crippen molar-refractivity contribution in [2.75, 3.05) is 14.2 Å². The molecule has 0 atom stereocenters. The van der Waals surface area contributed by atoms with E-state index in [1.54, 1.807) is 69.8 Å². The van der Waals surface area contributed by atoms with Crippen LogP contribution >= 0.6 is 0 Å². The molecule has 1 N–H and O–H groups in total. The number of aryl methyl sites for hydroxylation is 1. The van der Waals surface area contributed by atoms with Crippen molar-refractivity contribution in [1.29, 1.82) is 0 Å². The number of benzene rings is 2. The van der Waals surface area contributed by atoms with E-state index in [2.05, 4.69) is 10.3 Å². The lowest BCUT2D eigenvalue weighted by Crippen LogP contribution is -2.41. The average Bonchev–Trinajstić information content (AvgIpc) is 2.90. The van der Waals surface area contributed by atoms with Crippen LogP contribution in [0.2, 0.25) is 0 Å². The third kappa shape index (κ3) is 4.65. The fraction of sp³-hybridized carbons (Fsp3) is 0.231. The summed E-state index contributed by atoms with van der Waals surface area (Å²) < 4.78 is 13.5. The van der Waals surface area contributed by atoms with E-state index >= 15 is 0 Å². The monoisotopic (exact) mass is 474 g/mol. The van der Waals surface area contributed by atoms with Gasteiger partial charge in [0, 0.05) is 30.4 Å². The molecule has 0 radical (unpaired) electrons. The maximum atomic E-state index is 12.8. The zero-order valence-corrected chi connectivity index (χ0v) is 19.8. The van der Waals surface area contributed by atoms with Gasteiger partial charge in [0.2, 0.25) is 0 Å². The Hall–Kier alpha value is -4.40. The topological polar surface area (TPSA) is 104 Å². The van der Waals surface area contributed by atoms with E-state index in [-0.39, 0.29) is 19.0 Å². The van der Waals surface area contributed by atoms with Crippen LogP contribution in [0.5, 0.6) is 11.5 Å². The van der Waals surface area contributed by atoms with Crippen molar-refractivity contribution in [1.82, 2.24) is 19.4 Å². The fourth-order valence-electron chi connectivity index (χ4n) is 4.01. The van der Waals surface area contributed by atoms with Crippen LogP contribution in [0.4, 0.5) is 0 Å². The number of carbonyl (C=O) groups is 1. The smallest absolute Gasteiger partial charge is 0.318 e. The normalized spacial score (nSPS) is 10.8. The Labute approximate surface area is 201 Å². The second-order valence-corrected chi connectivity index (χ2v) is 7.82. The van der Waals surface area contributed by atoms with Crippen molar-refractivity contribution in [3.8, 4) is 11.5 Å². The van der Waals surface area contributed by atoms with E-state index in [4.69, 9.17) is 9.47 Å². The number of pyridine rings is 1. The van der Waals surface area contributed by atoms with Crippen LogP contribution in [-0.4, -0.2) is 34.2 Å². The lowest BCUT2D eigenvalue weighted by atomic mass is 10.1. The largest absolute Gasteiger partial charge is 0.493 e. The predicted octanol–water partition coefficient (Wildman–Crippen LogP) is 2.57. The molecule has 0 unspecified atom stereocenters. The van der Waals surface area contributed by atoms with Gasteiger partial charge in [0.15, 0.2) is 17.1 Å². The molecule has 4 aromatic rings. The molecule has 0 spiro atoms. The number of nitrogens with zero attached hydrogens (tertiary/aromatic N) is 3. The lowest BCUT2D eigenvalue weighted by molar-refractivity contribution is 0.0950. The summed E-state index contributed by atoms with van der Waals surface area (Å²) in [6.45, 7) is 2.61. The summed E-state index contributed by atoms with van der Waals surface area (Å²) >= 11 is 0. The molecule has 2 heterocycles. The molecule has 2 aromatic carbocycles. The maximum absolute atomic E-state index is 12.8. The fourth-order valence-corrected chi connectivity index (χ4v) is 4.01. The second-order valence-electron chi connectivity index (χ2n) is 7.82. The summed E-state index contributed by atoms with van der Waals surface area (Å²) in [7, 11) is 3.11. The van der Waals surface area contributed by atoms with Crippen molar-refractivity contribution in [3.05, 3.63) is 98.2 Å². The number of rotatable bonds is 8. The molecule has 0 aliphatic rings. The highest BCUT2D eigenvalue weighted by Gasteiger charge is 2.14. The van der Waals surface area contributed by atoms with Crippen LogP contribution in [-0.2, 0) is 19.6 Å². The number of methoxy groups -OCH3 is 2. The molecule has 9 nitrogen and oxygen atoms in total. The van der Waals surface area contributed by atoms with Gasteiger partial charge in [-0.15, -0.1) is 0 Å². The Kier molecular flexibility index (Phi) is 6.96. The molecule has 0 bridgehead atoms. The van der Waals surface area contributed by atoms with Gasteiger partial charge < -0.3 is 14.8 Å². The molecule has 0 aliphatic carbocycles. The molecule has 9 heteroatoms. The molecule has 0 aliphatic heterocycles. The molecule has 0 saturated heterocycles. The summed E-state index contributed by atoms with van der Waals surface area (Å²) in [5, 5.41) is 2.88. The first-order valence-corrected chi connectivity index (χ1v) is 11.1. The first-order valence-electron chi connectivity index (χ1n) is 11.1. The molecule has 2 aromatic heterocycles. The quantitative estimate of drug-likeness (QED) is 0.394. The standard InChI is InChI=1S/C26H26N4O5/c1-4-29-23-20(8-6-14-27-23)30(26(33)25(29)32)16-17-10-12-18(13-11-17)24(31)28-15-19-7-5-9-21(34-2)22(19)35-3/h5-14H,4,15-16H2,1-3H3,(H,28,31). The zero-order valence-electron chi connectivity index (χ0n) is 19.8. The minimum atomic E-state index is -0.610. The Morgan fingerprint density at radius 2 is 1.69 bits per heavy atom. The summed E-state index contributed by atoms with van der Waals surface area (Å²) in [6.07, 6.45) is 1.59. The average molecular weight is 475 g/mol. The Bertz CT molecular complexity index is 1490. The summed E-state index contributed by atoms with van der Waals surface area (Å²) in [5.41, 5.74) is 1.85. The highest BCUT2D eigenvalue weighted by molar-refractivity contribution is 5.94. The van der Waals surface area contributed by atoms with Crippen molar-refractivity contribution in [2.45, 2.75) is 26.6 Å². The molecular formula is C26H26N4O5. The molecule has 4 rings (SSSR count). The van der Waals surface area contributed by atoms with E-state index in [0.29, 0.717) is 34.8 Å². The Balaban J connectivity index is 1.53. The Morgan fingerprint density at radius 1 is 0.943 bits per heavy atom. The van der Waals surface area contributed by atoms with Crippen LogP contribution < -0.4 is 25.9 Å². The van der Waals surface area contributed by atoms with Crippen molar-refractivity contribution in [3.63, 3.8) is 0 Å². The Morgan fingerprint density at radius 3 is 2.37 bits per heavy atom. The van der Waals surface area contributed by atoms with Crippen LogP contribution in [0.25, 0.3) is 11.2 Å². The second kappa shape index (κ2) is 10.3. The van der Waals surface area contributed by atoms with E-state index in [1.165, 1.54) is 9.13 Å². The number of nitrogens with one attached hydrogen (secondary N) is 1. The minimum Gasteiger partial charge on any atom is -0.493 e. The van der Waals surface area contributed by atoms with E-state index in [9.17, 15) is 14.4 Å². The van der Waals surface area contributed by atoms with Gasteiger partial charge in [0.1, 0.15) is 0 Å². The summed E-state index contributed by atoms with van der Waals surface area (Å²) in [6, 6.07) is 15.9. The minimum absolute atomic E-state index is 0.184. The van der Waals surface area contributed by atoms with Gasteiger partial charge in [-0.2, -0.15) is 0 Å². The van der Waals surface area contributed by atoms with Gasteiger partial charge >= 0.3 is 11.1 Å². The molecule has 0 saturated carbocycles. The van der Waals surface area contributed by atoms with E-state index in [1.807, 2.05) is 12.1 Å². The van der Waals surface area contributed by atoms with Gasteiger partial charge in [-0.1, -0.05) is 24.3 Å². The van der Waals surface area contributed by atoms with Gasteiger partial charge in [-0.3, -0.25) is 23.5 Å². The SMILES string of the molecule is CCn1c(=O)c(=O)n(Cc2ccc(C(=O)NCc3cccc(OC)c3OC)cc2)c2cccnc21.